The van der Waals surface area contributed by atoms with Gasteiger partial charge in [-0.1, -0.05) is 0 Å². The maximum Gasteiger partial charge on any atom is 0.333 e. The second-order valence-corrected chi connectivity index (χ2v) is 3.32. The summed E-state index contributed by atoms with van der Waals surface area (Å²) in [6.07, 6.45) is -0.444. The summed E-state index contributed by atoms with van der Waals surface area (Å²) in [6.45, 7) is 0. The molecule has 10 heavy (non-hydrogen) atoms. The third-order valence-corrected chi connectivity index (χ3v) is 1.46. The molecule has 0 saturated carbocycles. The number of nitrogens with one attached hydrogen (secondary N) is 1. The summed E-state index contributed by atoms with van der Waals surface area (Å²) in [5.41, 5.74) is 0. The maximum absolute atomic E-state index is 10.3. The van der Waals surface area contributed by atoms with Crippen molar-refractivity contribution in [3.8, 4) is 0 Å². The third-order valence-electron chi connectivity index (χ3n) is 0.745. The normalized spacial score (nSPS) is 11.8. The smallest absolute Gasteiger partial charge is 0.324 e. The van der Waals surface area contributed by atoms with Gasteiger partial charge in [0.1, 0.15) is 6.16 Å². The van der Waals surface area contributed by atoms with Crippen LogP contribution < -0.4 is 0 Å². The quantitative estimate of drug-likeness (QED) is 0.477. The fourth-order valence-corrected chi connectivity index (χ4v) is 0.965. The molecule has 0 aromatic carbocycles. The topological polar surface area (TPSA) is 112 Å². The molecule has 1 heterocycles. The zero-order chi connectivity index (χ0) is 7.61. The van der Waals surface area contributed by atoms with E-state index in [0.717, 1.165) is 0 Å². The van der Waals surface area contributed by atoms with Crippen LogP contribution in [0.15, 0.2) is 0 Å². The molecule has 0 atom stereocenters. The van der Waals surface area contributed by atoms with E-state index in [1.807, 2.05) is 0 Å². The molecule has 0 bridgehead atoms. The van der Waals surface area contributed by atoms with Gasteiger partial charge in [0.05, 0.1) is 0 Å². The molecule has 3 N–H and O–H groups in total. The zero-order valence-electron chi connectivity index (χ0n) is 4.80. The predicted octanol–water partition coefficient (Wildman–Crippen LogP) is -1.12. The highest BCUT2D eigenvalue weighted by Crippen LogP contribution is 2.37. The molecular formula is C2H5N4O3P. The lowest BCUT2D eigenvalue weighted by molar-refractivity contribution is 0.370. The lowest BCUT2D eigenvalue weighted by atomic mass is 10.8. The average molecular weight is 164 g/mol. The van der Waals surface area contributed by atoms with E-state index in [1.165, 1.54) is 0 Å². The highest BCUT2D eigenvalue weighted by atomic mass is 31.2. The lowest BCUT2D eigenvalue weighted by Crippen LogP contribution is -1.89. The Morgan fingerprint density at radius 2 is 2.30 bits per heavy atom. The number of nitrogens with zero attached hydrogens (tertiary/aromatic N) is 3. The first-order valence-electron chi connectivity index (χ1n) is 2.35. The molecule has 1 rings (SSSR count). The summed E-state index contributed by atoms with van der Waals surface area (Å²) in [5, 5.41) is 11.8. The van der Waals surface area contributed by atoms with Gasteiger partial charge in [-0.15, -0.1) is 5.10 Å². The molecule has 8 heteroatoms. The fourth-order valence-electron chi connectivity index (χ4n) is 0.441. The van der Waals surface area contributed by atoms with Gasteiger partial charge in [-0.25, -0.2) is 5.10 Å². The Hall–Kier alpha value is -0.780. The van der Waals surface area contributed by atoms with E-state index in [9.17, 15) is 4.57 Å². The maximum atomic E-state index is 10.3. The summed E-state index contributed by atoms with van der Waals surface area (Å²) in [5.74, 6) is 0.0910. The van der Waals surface area contributed by atoms with Crippen molar-refractivity contribution in [1.82, 2.24) is 20.6 Å². The number of H-pyrrole nitrogens is 1. The van der Waals surface area contributed by atoms with Crippen molar-refractivity contribution >= 4 is 7.60 Å². The number of hydrogen-bond acceptors (Lipinski definition) is 4. The fraction of sp³-hybridized carbons (Fsp3) is 0.500. The summed E-state index contributed by atoms with van der Waals surface area (Å²) in [4.78, 5) is 16.8. The van der Waals surface area contributed by atoms with Crippen LogP contribution in [0.25, 0.3) is 0 Å². The lowest BCUT2D eigenvalue weighted by Gasteiger charge is -1.96. The summed E-state index contributed by atoms with van der Waals surface area (Å²) in [6, 6.07) is 0. The summed E-state index contributed by atoms with van der Waals surface area (Å²) < 4.78 is 10.3. The van der Waals surface area contributed by atoms with Gasteiger partial charge in [0.15, 0.2) is 5.82 Å². The van der Waals surface area contributed by atoms with E-state index in [1.54, 1.807) is 0 Å². The first-order valence-corrected chi connectivity index (χ1v) is 4.15. The highest BCUT2D eigenvalue weighted by Gasteiger charge is 2.15. The molecule has 7 nitrogen and oxygen atoms in total. The molecule has 0 aliphatic rings. The Bertz CT molecular complexity index is 239. The zero-order valence-corrected chi connectivity index (χ0v) is 5.69. The average Bonchev–Trinajstić information content (AvgIpc) is 2.12. The Balaban J connectivity index is 2.66. The van der Waals surface area contributed by atoms with Crippen molar-refractivity contribution in [2.45, 2.75) is 6.16 Å². The molecule has 0 amide bonds. The SMILES string of the molecule is O=P(O)(O)Cc1nnn[nH]1. The van der Waals surface area contributed by atoms with Crippen LogP contribution >= 0.6 is 7.60 Å². The van der Waals surface area contributed by atoms with Crippen molar-refractivity contribution in [1.29, 1.82) is 0 Å². The van der Waals surface area contributed by atoms with Crippen LogP contribution in [-0.2, 0) is 10.7 Å². The van der Waals surface area contributed by atoms with E-state index >= 15 is 0 Å². The molecule has 0 spiro atoms. The molecule has 1 aromatic heterocycles. The second-order valence-electron chi connectivity index (χ2n) is 1.67. The number of tetrazole rings is 1. The number of aromatic amines is 1. The van der Waals surface area contributed by atoms with Crippen LogP contribution in [0.5, 0.6) is 0 Å². The molecule has 56 valence electrons. The molecule has 0 aliphatic carbocycles. The Kier molecular flexibility index (Phi) is 1.80. The third kappa shape index (κ3) is 2.22. The van der Waals surface area contributed by atoms with Gasteiger partial charge >= 0.3 is 7.60 Å². The largest absolute Gasteiger partial charge is 0.333 e. The van der Waals surface area contributed by atoms with E-state index in [4.69, 9.17) is 9.79 Å². The van der Waals surface area contributed by atoms with Gasteiger partial charge in [-0.05, 0) is 10.4 Å². The van der Waals surface area contributed by atoms with Crippen molar-refractivity contribution in [2.24, 2.45) is 0 Å². The molecule has 0 unspecified atom stereocenters. The second kappa shape index (κ2) is 2.45. The molecule has 0 fully saturated rings. The standard InChI is InChI=1S/C2H5N4O3P/c7-10(8,9)1-2-3-5-6-4-2/h1H2,(H2,7,8,9)(H,3,4,5,6). The summed E-state index contributed by atoms with van der Waals surface area (Å²) >= 11 is 0. The van der Waals surface area contributed by atoms with E-state index in [2.05, 4.69) is 20.6 Å². The van der Waals surface area contributed by atoms with Crippen molar-refractivity contribution in [3.63, 3.8) is 0 Å². The van der Waals surface area contributed by atoms with Crippen molar-refractivity contribution < 1.29 is 14.4 Å². The van der Waals surface area contributed by atoms with Gasteiger partial charge < -0.3 is 9.79 Å². The van der Waals surface area contributed by atoms with Gasteiger partial charge in [0, 0.05) is 0 Å². The van der Waals surface area contributed by atoms with Gasteiger partial charge in [0.2, 0.25) is 0 Å². The Labute approximate surface area is 55.6 Å². The van der Waals surface area contributed by atoms with E-state index < -0.39 is 13.8 Å². The molecule has 1 aromatic rings. The van der Waals surface area contributed by atoms with Crippen LogP contribution in [-0.4, -0.2) is 30.4 Å². The van der Waals surface area contributed by atoms with Crippen molar-refractivity contribution in [3.05, 3.63) is 5.82 Å². The van der Waals surface area contributed by atoms with E-state index in [0.29, 0.717) is 0 Å². The predicted molar refractivity (Wildman–Crippen MR) is 29.9 cm³/mol. The highest BCUT2D eigenvalue weighted by molar-refractivity contribution is 7.50. The van der Waals surface area contributed by atoms with Gasteiger partial charge in [0.25, 0.3) is 0 Å². The van der Waals surface area contributed by atoms with Crippen molar-refractivity contribution in [2.75, 3.05) is 0 Å². The van der Waals surface area contributed by atoms with E-state index in [-0.39, 0.29) is 5.82 Å². The summed E-state index contributed by atoms with van der Waals surface area (Å²) in [7, 11) is -4.03. The van der Waals surface area contributed by atoms with Crippen LogP contribution in [0.1, 0.15) is 5.82 Å². The molecular weight excluding hydrogens is 159 g/mol. The molecule has 0 saturated heterocycles. The molecule has 0 aliphatic heterocycles. The van der Waals surface area contributed by atoms with Crippen LogP contribution in [0.3, 0.4) is 0 Å². The Morgan fingerprint density at radius 1 is 1.60 bits per heavy atom. The minimum absolute atomic E-state index is 0.0910. The minimum atomic E-state index is -4.03. The minimum Gasteiger partial charge on any atom is -0.324 e. The monoisotopic (exact) mass is 164 g/mol. The first kappa shape index (κ1) is 7.33. The molecule has 0 radical (unpaired) electrons. The van der Waals surface area contributed by atoms with Crippen LogP contribution in [0, 0.1) is 0 Å². The van der Waals surface area contributed by atoms with Crippen LogP contribution in [0.2, 0.25) is 0 Å². The first-order chi connectivity index (χ1) is 4.58. The Morgan fingerprint density at radius 3 is 2.70 bits per heavy atom. The van der Waals surface area contributed by atoms with Gasteiger partial charge in [-0.2, -0.15) is 0 Å². The van der Waals surface area contributed by atoms with Crippen LogP contribution in [0.4, 0.5) is 0 Å². The number of hydrogen-bond donors (Lipinski definition) is 3. The number of aromatic nitrogens is 4. The number of rotatable bonds is 2. The van der Waals surface area contributed by atoms with Gasteiger partial charge in [-0.3, -0.25) is 4.57 Å².